The smallest absolute Gasteiger partial charge is 0.386 e. The lowest BCUT2D eigenvalue weighted by Gasteiger charge is -2.72. The number of halogens is 3. The molecule has 11 heteroatoms. The molecule has 6 aliphatic rings. The minimum absolute atomic E-state index is 0. The Balaban J connectivity index is -0.000000713. The van der Waals surface area contributed by atoms with Gasteiger partial charge in [0.15, 0.2) is 0 Å². The molecule has 0 aromatic carbocycles. The highest BCUT2D eigenvalue weighted by atomic mass is 32.2. The van der Waals surface area contributed by atoms with Crippen LogP contribution in [0.4, 0.5) is 13.2 Å². The minimum Gasteiger partial charge on any atom is -0.512 e. The third kappa shape index (κ3) is 12.1. The number of aliphatic hydroxyl groups is 3. The number of hydrogen-bond acceptors (Lipinski definition) is 6. The van der Waals surface area contributed by atoms with Gasteiger partial charge in [0.2, 0.25) is 0 Å². The van der Waals surface area contributed by atoms with Crippen LogP contribution in [0.3, 0.4) is 0 Å². The number of aliphatic hydroxyl groups excluding tert-OH is 3. The highest BCUT2D eigenvalue weighted by molar-refractivity contribution is 7.99. The fraction of sp³-hybridized carbons (Fsp3) is 0.909. The van der Waals surface area contributed by atoms with Gasteiger partial charge in [-0.25, -0.2) is 0 Å². The first-order valence-corrected chi connectivity index (χ1v) is 21.6. The molecule has 1 aliphatic heterocycles. The Morgan fingerprint density at radius 1 is 0.873 bits per heavy atom. The third-order valence-electron chi connectivity index (χ3n) is 14.6. The van der Waals surface area contributed by atoms with Gasteiger partial charge in [0, 0.05) is 71.2 Å². The Bertz CT molecular complexity index is 1120. The van der Waals surface area contributed by atoms with Crippen molar-refractivity contribution in [2.75, 3.05) is 51.9 Å². The number of allylic oxidation sites excluding steroid dienone is 3. The van der Waals surface area contributed by atoms with Crippen molar-refractivity contribution < 1.29 is 40.9 Å². The van der Waals surface area contributed by atoms with Crippen molar-refractivity contribution in [1.29, 1.82) is 0 Å². The highest BCUT2D eigenvalue weighted by Crippen LogP contribution is 2.76. The van der Waals surface area contributed by atoms with Gasteiger partial charge in [0.1, 0.15) is 0 Å². The van der Waals surface area contributed by atoms with Crippen LogP contribution in [-0.2, 0) is 0 Å². The molecular formula is C44H91F3N2O5S. The largest absolute Gasteiger partial charge is 0.512 e. The van der Waals surface area contributed by atoms with Gasteiger partial charge in [-0.2, -0.15) is 24.9 Å². The first kappa shape index (κ1) is 58.5. The fourth-order valence-electron chi connectivity index (χ4n) is 12.3. The van der Waals surface area contributed by atoms with Gasteiger partial charge in [0.05, 0.1) is 5.76 Å². The normalized spacial score (nSPS) is 36.5. The quantitative estimate of drug-likeness (QED) is 0.204. The van der Waals surface area contributed by atoms with Crippen molar-refractivity contribution in [2.24, 2.45) is 51.2 Å². The molecule has 0 radical (unpaired) electrons. The summed E-state index contributed by atoms with van der Waals surface area (Å²) in [6, 6.07) is 0. The topological polar surface area (TPSA) is 139 Å². The maximum atomic E-state index is 10.9. The van der Waals surface area contributed by atoms with E-state index in [1.807, 2.05) is 27.7 Å². The van der Waals surface area contributed by atoms with Gasteiger partial charge < -0.3 is 36.5 Å². The zero-order chi connectivity index (χ0) is 40.3. The van der Waals surface area contributed by atoms with E-state index >= 15 is 0 Å². The van der Waals surface area contributed by atoms with E-state index in [0.717, 1.165) is 44.9 Å². The maximum Gasteiger partial charge on any atom is 0.386 e. The first-order valence-electron chi connectivity index (χ1n) is 20.5. The van der Waals surface area contributed by atoms with Crippen LogP contribution >= 0.6 is 11.8 Å². The van der Waals surface area contributed by atoms with Gasteiger partial charge in [-0.05, 0) is 117 Å². The molecule has 0 bridgehead atoms. The lowest BCUT2D eigenvalue weighted by Crippen LogP contribution is -2.68. The summed E-state index contributed by atoms with van der Waals surface area (Å²) in [6.07, 6.45) is 10.0. The second kappa shape index (κ2) is 24.3. The molecule has 5 aliphatic carbocycles. The van der Waals surface area contributed by atoms with Crippen LogP contribution in [0.5, 0.6) is 0 Å². The Morgan fingerprint density at radius 2 is 1.40 bits per heavy atom. The van der Waals surface area contributed by atoms with E-state index in [0.29, 0.717) is 39.4 Å². The molecule has 1 heterocycles. The molecular weight excluding hydrogens is 726 g/mol. The van der Waals surface area contributed by atoms with Crippen LogP contribution in [-0.4, -0.2) is 94.8 Å². The zero-order valence-corrected chi connectivity index (χ0v) is 37.4. The fourth-order valence-corrected chi connectivity index (χ4v) is 13.3. The van der Waals surface area contributed by atoms with Crippen LogP contribution < -0.4 is 5.32 Å². The van der Waals surface area contributed by atoms with E-state index in [1.165, 1.54) is 88.1 Å². The van der Waals surface area contributed by atoms with Crippen molar-refractivity contribution in [1.82, 2.24) is 10.2 Å². The molecule has 0 aromatic heterocycles. The molecule has 4 saturated carbocycles. The van der Waals surface area contributed by atoms with E-state index in [1.54, 1.807) is 0 Å². The number of thioether (sulfide) groups is 1. The molecule has 0 amide bonds. The van der Waals surface area contributed by atoms with E-state index in [4.69, 9.17) is 10.2 Å². The molecule has 55 heavy (non-hydrogen) atoms. The van der Waals surface area contributed by atoms with Crippen molar-refractivity contribution in [3.63, 3.8) is 0 Å². The van der Waals surface area contributed by atoms with Crippen molar-refractivity contribution in [2.45, 2.75) is 153 Å². The summed E-state index contributed by atoms with van der Waals surface area (Å²) in [5, 5.41) is 29.2. The van der Waals surface area contributed by atoms with E-state index < -0.39 is 6.18 Å². The monoisotopic (exact) mass is 817 g/mol. The summed E-state index contributed by atoms with van der Waals surface area (Å²) in [5.74, 6) is 6.79. The predicted molar refractivity (Wildman–Crippen MR) is 234 cm³/mol. The Kier molecular flexibility index (Phi) is 25.9. The summed E-state index contributed by atoms with van der Waals surface area (Å²) >= 11 is 2.12. The third-order valence-corrected chi connectivity index (χ3v) is 15.6. The van der Waals surface area contributed by atoms with E-state index in [9.17, 15) is 18.3 Å². The Hall–Kier alpha value is -0.820. The molecule has 1 saturated heterocycles. The zero-order valence-electron chi connectivity index (χ0n) is 36.6. The minimum atomic E-state index is -4.00. The van der Waals surface area contributed by atoms with Gasteiger partial charge in [-0.1, -0.05) is 81.9 Å². The predicted octanol–water partition coefficient (Wildman–Crippen LogP) is 10.2. The molecule has 9 atom stereocenters. The summed E-state index contributed by atoms with van der Waals surface area (Å²) in [6.45, 7) is 32.7. The summed E-state index contributed by atoms with van der Waals surface area (Å²) in [7, 11) is 2.00. The van der Waals surface area contributed by atoms with E-state index in [2.05, 4.69) is 76.2 Å². The first-order chi connectivity index (χ1) is 24.4. The van der Waals surface area contributed by atoms with Gasteiger partial charge in [-0.3, -0.25) is 0 Å². The highest BCUT2D eigenvalue weighted by Gasteiger charge is 2.70. The summed E-state index contributed by atoms with van der Waals surface area (Å²) in [5.41, 5.74) is 2.71. The average molecular weight is 817 g/mol. The average Bonchev–Trinajstić information content (AvgIpc) is 3.50. The van der Waals surface area contributed by atoms with Crippen LogP contribution in [0.2, 0.25) is 0 Å². The number of alkyl halides is 3. The number of fused-ring (bicyclic) bond motifs is 7. The van der Waals surface area contributed by atoms with Crippen LogP contribution in [0.25, 0.3) is 0 Å². The summed E-state index contributed by atoms with van der Waals surface area (Å²) in [4.78, 5) is 2.69. The number of hydrogen-bond donors (Lipinski definition) is 4. The second-order valence-electron chi connectivity index (χ2n) is 17.0. The molecule has 0 unspecified atom stereocenters. The second-order valence-corrected chi connectivity index (χ2v) is 18.2. The molecule has 6 rings (SSSR count). The van der Waals surface area contributed by atoms with Crippen LogP contribution in [0.15, 0.2) is 24.0 Å². The molecule has 5 fully saturated rings. The van der Waals surface area contributed by atoms with Gasteiger partial charge in [0.25, 0.3) is 0 Å². The molecule has 0 aromatic rings. The number of nitrogens with one attached hydrogen (secondary N) is 1. The molecule has 8 N–H and O–H groups in total. The lowest BCUT2D eigenvalue weighted by molar-refractivity contribution is -0.223. The van der Waals surface area contributed by atoms with Gasteiger partial charge >= 0.3 is 6.18 Å². The number of nitrogens with zero attached hydrogens (tertiary/aromatic N) is 1. The Morgan fingerprint density at radius 3 is 1.91 bits per heavy atom. The number of rotatable bonds is 5. The molecule has 7 nitrogen and oxygen atoms in total. The van der Waals surface area contributed by atoms with Crippen molar-refractivity contribution in [3.05, 3.63) is 24.0 Å². The van der Waals surface area contributed by atoms with Crippen molar-refractivity contribution in [3.8, 4) is 0 Å². The molecule has 0 spiro atoms. The van der Waals surface area contributed by atoms with Gasteiger partial charge in [-0.15, -0.1) is 0 Å². The van der Waals surface area contributed by atoms with Crippen LogP contribution in [0, 0.1) is 51.2 Å². The van der Waals surface area contributed by atoms with Crippen molar-refractivity contribution >= 4 is 11.8 Å². The maximum absolute atomic E-state index is 10.9. The van der Waals surface area contributed by atoms with Crippen LogP contribution in [0.1, 0.15) is 143 Å². The Labute approximate surface area is 342 Å². The summed E-state index contributed by atoms with van der Waals surface area (Å²) < 4.78 is 31.1. The standard InChI is InChI=1S/C35H58N2OS.C2H3F3.2C2H6.2CH4O.CH4.2H2O.H2/c1-24(2)25-10-15-35(36-18-19-37-20-22-39-23-21-37)17-16-33(6)26(30(25)35)8-9-28-32(5)13-12-29(38)31(3,4)27(32)11-14-34(28,33)7;1-2(3,4)5;4*1-2;;;;/h12,25-28,30,36,38H,1,8-11,13-23H2,2-7H3;1H3;2*1-2H3;2*2H,1H3;1H4;2*1H2;1H/t25-,26+,27-,28+,30+,32-,33+,34+,35-;;;;;;;;;/m0........./s1. The lowest BCUT2D eigenvalue weighted by atomic mass is 9.33. The SMILES string of the molecule is C.C=C(C)[C@@H]1CC[C@]2(NCCN3CCSCC3)CC[C@]3(C)[C@H](CC[C@@H]4[C@@]5(C)CC=C(O)C(C)(C)[C@@H]5CC[C@]43C)[C@@H]12.CC.CC.CC(F)(F)F.CO.CO.O.O.[HH]. The van der Waals surface area contributed by atoms with E-state index in [-0.39, 0.29) is 32.1 Å². The molecule has 334 valence electrons.